The smallest absolute Gasteiger partial charge is 0.260 e. The highest BCUT2D eigenvalue weighted by molar-refractivity contribution is 9.10. The van der Waals surface area contributed by atoms with Crippen molar-refractivity contribution >= 4 is 34.2 Å². The second-order valence-corrected chi connectivity index (χ2v) is 5.40. The van der Waals surface area contributed by atoms with Crippen molar-refractivity contribution in [2.45, 2.75) is 18.9 Å². The molecule has 0 saturated carbocycles. The molecule has 2 N–H and O–H groups in total. The molecule has 1 atom stereocenters. The van der Waals surface area contributed by atoms with E-state index in [-0.39, 0.29) is 31.0 Å². The van der Waals surface area contributed by atoms with Crippen LogP contribution in [0, 0.1) is 0 Å². The number of piperidine rings is 1. The molecular formula is C13H18BrClN2O2. The zero-order valence-corrected chi connectivity index (χ0v) is 13.0. The molecule has 1 saturated heterocycles. The summed E-state index contributed by atoms with van der Waals surface area (Å²) in [6.07, 6.45) is 1.97. The minimum absolute atomic E-state index is 0. The van der Waals surface area contributed by atoms with Gasteiger partial charge in [-0.1, -0.05) is 22.0 Å². The van der Waals surface area contributed by atoms with E-state index in [2.05, 4.69) is 15.9 Å². The summed E-state index contributed by atoms with van der Waals surface area (Å²) in [6, 6.07) is 7.57. The maximum atomic E-state index is 11.9. The van der Waals surface area contributed by atoms with E-state index in [4.69, 9.17) is 10.5 Å². The summed E-state index contributed by atoms with van der Waals surface area (Å²) < 4.78 is 6.41. The average molecular weight is 350 g/mol. The summed E-state index contributed by atoms with van der Waals surface area (Å²) in [7, 11) is 0. The van der Waals surface area contributed by atoms with Gasteiger partial charge in [-0.25, -0.2) is 0 Å². The number of hydrogen-bond donors (Lipinski definition) is 1. The van der Waals surface area contributed by atoms with Crippen LogP contribution in [0.4, 0.5) is 0 Å². The van der Waals surface area contributed by atoms with Gasteiger partial charge in [-0.2, -0.15) is 0 Å². The predicted molar refractivity (Wildman–Crippen MR) is 80.7 cm³/mol. The first-order valence-corrected chi connectivity index (χ1v) is 6.86. The SMILES string of the molecule is Cl.NC1CCCN(C(=O)COc2cccc(Br)c2)C1. The first kappa shape index (κ1) is 16.3. The van der Waals surface area contributed by atoms with Crippen LogP contribution in [-0.4, -0.2) is 36.5 Å². The monoisotopic (exact) mass is 348 g/mol. The van der Waals surface area contributed by atoms with Gasteiger partial charge in [0.1, 0.15) is 5.75 Å². The van der Waals surface area contributed by atoms with Crippen LogP contribution in [0.1, 0.15) is 12.8 Å². The molecule has 2 rings (SSSR count). The van der Waals surface area contributed by atoms with E-state index < -0.39 is 0 Å². The van der Waals surface area contributed by atoms with E-state index in [1.165, 1.54) is 0 Å². The van der Waals surface area contributed by atoms with Crippen molar-refractivity contribution < 1.29 is 9.53 Å². The van der Waals surface area contributed by atoms with Crippen molar-refractivity contribution in [3.8, 4) is 5.75 Å². The van der Waals surface area contributed by atoms with Gasteiger partial charge in [0.25, 0.3) is 5.91 Å². The van der Waals surface area contributed by atoms with Gasteiger partial charge in [0.05, 0.1) is 0 Å². The number of benzene rings is 1. The molecule has 4 nitrogen and oxygen atoms in total. The van der Waals surface area contributed by atoms with Crippen LogP contribution >= 0.6 is 28.3 Å². The third kappa shape index (κ3) is 5.01. The van der Waals surface area contributed by atoms with Gasteiger partial charge in [-0.3, -0.25) is 4.79 Å². The maximum Gasteiger partial charge on any atom is 0.260 e. The lowest BCUT2D eigenvalue weighted by Crippen LogP contribution is -2.47. The van der Waals surface area contributed by atoms with Gasteiger partial charge in [-0.05, 0) is 31.0 Å². The highest BCUT2D eigenvalue weighted by Gasteiger charge is 2.21. The highest BCUT2D eigenvalue weighted by atomic mass is 79.9. The van der Waals surface area contributed by atoms with E-state index in [1.54, 1.807) is 4.90 Å². The van der Waals surface area contributed by atoms with Crippen LogP contribution in [-0.2, 0) is 4.79 Å². The molecule has 1 amide bonds. The Morgan fingerprint density at radius 3 is 3.00 bits per heavy atom. The Bertz CT molecular complexity index is 431. The molecule has 1 aliphatic heterocycles. The fraction of sp³-hybridized carbons (Fsp3) is 0.462. The summed E-state index contributed by atoms with van der Waals surface area (Å²) in [4.78, 5) is 13.7. The van der Waals surface area contributed by atoms with Gasteiger partial charge in [0.15, 0.2) is 6.61 Å². The van der Waals surface area contributed by atoms with Crippen molar-refractivity contribution in [2.24, 2.45) is 5.73 Å². The van der Waals surface area contributed by atoms with E-state index in [0.717, 1.165) is 23.9 Å². The van der Waals surface area contributed by atoms with Gasteiger partial charge in [0.2, 0.25) is 0 Å². The molecule has 1 unspecified atom stereocenters. The number of likely N-dealkylation sites (tertiary alicyclic amines) is 1. The van der Waals surface area contributed by atoms with Crippen LogP contribution < -0.4 is 10.5 Å². The molecule has 1 aromatic rings. The number of rotatable bonds is 3. The molecule has 6 heteroatoms. The topological polar surface area (TPSA) is 55.6 Å². The Kier molecular flexibility index (Phi) is 6.62. The Hall–Kier alpha value is -0.780. The quantitative estimate of drug-likeness (QED) is 0.910. The Morgan fingerprint density at radius 1 is 1.53 bits per heavy atom. The molecule has 1 aromatic carbocycles. The number of nitrogens with zero attached hydrogens (tertiary/aromatic N) is 1. The van der Waals surface area contributed by atoms with Crippen LogP contribution in [0.25, 0.3) is 0 Å². The molecule has 1 aliphatic rings. The summed E-state index contributed by atoms with van der Waals surface area (Å²) >= 11 is 3.36. The van der Waals surface area contributed by atoms with Gasteiger partial charge >= 0.3 is 0 Å². The van der Waals surface area contributed by atoms with Gasteiger partial charge < -0.3 is 15.4 Å². The lowest BCUT2D eigenvalue weighted by atomic mass is 10.1. The third-order valence-electron chi connectivity index (χ3n) is 2.97. The van der Waals surface area contributed by atoms with Gasteiger partial charge in [0, 0.05) is 23.6 Å². The normalized spacial score (nSPS) is 18.6. The minimum Gasteiger partial charge on any atom is -0.484 e. The van der Waals surface area contributed by atoms with Crippen molar-refractivity contribution in [3.63, 3.8) is 0 Å². The van der Waals surface area contributed by atoms with Crippen LogP contribution in [0.5, 0.6) is 5.75 Å². The Labute approximate surface area is 127 Å². The van der Waals surface area contributed by atoms with Crippen LogP contribution in [0.2, 0.25) is 0 Å². The van der Waals surface area contributed by atoms with Crippen molar-refractivity contribution in [3.05, 3.63) is 28.7 Å². The molecular weight excluding hydrogens is 332 g/mol. The van der Waals surface area contributed by atoms with Crippen LogP contribution in [0.15, 0.2) is 28.7 Å². The summed E-state index contributed by atoms with van der Waals surface area (Å²) in [5.41, 5.74) is 5.85. The molecule has 0 aromatic heterocycles. The fourth-order valence-electron chi connectivity index (χ4n) is 2.03. The zero-order chi connectivity index (χ0) is 13.0. The molecule has 1 heterocycles. The third-order valence-corrected chi connectivity index (χ3v) is 3.46. The standard InChI is InChI=1S/C13H17BrN2O2.ClH/c14-10-3-1-5-12(7-10)18-9-13(17)16-6-2-4-11(15)8-16;/h1,3,5,7,11H,2,4,6,8-9,15H2;1H. The highest BCUT2D eigenvalue weighted by Crippen LogP contribution is 2.18. The number of hydrogen-bond acceptors (Lipinski definition) is 3. The van der Waals surface area contributed by atoms with Crippen molar-refractivity contribution in [2.75, 3.05) is 19.7 Å². The number of carbonyl (C=O) groups is 1. The molecule has 0 bridgehead atoms. The summed E-state index contributed by atoms with van der Waals surface area (Å²) in [6.45, 7) is 1.50. The van der Waals surface area contributed by atoms with E-state index >= 15 is 0 Å². The molecule has 0 radical (unpaired) electrons. The maximum absolute atomic E-state index is 11.9. The average Bonchev–Trinajstić information content (AvgIpc) is 2.36. The van der Waals surface area contributed by atoms with E-state index in [9.17, 15) is 4.79 Å². The first-order valence-electron chi connectivity index (χ1n) is 6.07. The second kappa shape index (κ2) is 7.72. The largest absolute Gasteiger partial charge is 0.484 e. The number of nitrogens with two attached hydrogens (primary N) is 1. The van der Waals surface area contributed by atoms with Crippen molar-refractivity contribution in [1.82, 2.24) is 4.90 Å². The molecule has 0 spiro atoms. The second-order valence-electron chi connectivity index (χ2n) is 4.49. The Balaban J connectivity index is 0.00000180. The van der Waals surface area contributed by atoms with E-state index in [1.807, 2.05) is 24.3 Å². The predicted octanol–water partition coefficient (Wildman–Crippen LogP) is 2.20. The molecule has 19 heavy (non-hydrogen) atoms. The molecule has 1 fully saturated rings. The van der Waals surface area contributed by atoms with E-state index in [0.29, 0.717) is 12.3 Å². The Morgan fingerprint density at radius 2 is 2.32 bits per heavy atom. The number of ether oxygens (including phenoxy) is 1. The zero-order valence-electron chi connectivity index (χ0n) is 10.5. The first-order chi connectivity index (χ1) is 8.65. The number of carbonyl (C=O) groups excluding carboxylic acids is 1. The van der Waals surface area contributed by atoms with Gasteiger partial charge in [-0.15, -0.1) is 12.4 Å². The number of halogens is 2. The number of amides is 1. The minimum atomic E-state index is 0. The lowest BCUT2D eigenvalue weighted by molar-refractivity contribution is -0.134. The summed E-state index contributed by atoms with van der Waals surface area (Å²) in [5, 5.41) is 0. The molecule has 0 aliphatic carbocycles. The molecule has 106 valence electrons. The summed E-state index contributed by atoms with van der Waals surface area (Å²) in [5.74, 6) is 0.698. The van der Waals surface area contributed by atoms with Crippen LogP contribution in [0.3, 0.4) is 0 Å². The van der Waals surface area contributed by atoms with Crippen molar-refractivity contribution in [1.29, 1.82) is 0 Å². The lowest BCUT2D eigenvalue weighted by Gasteiger charge is -2.30. The fourth-order valence-corrected chi connectivity index (χ4v) is 2.41.